The van der Waals surface area contributed by atoms with Crippen molar-refractivity contribution in [2.24, 2.45) is 7.05 Å². The normalized spacial score (nSPS) is 14.8. The van der Waals surface area contributed by atoms with Crippen LogP contribution in [-0.2, 0) is 7.05 Å². The van der Waals surface area contributed by atoms with E-state index < -0.39 is 0 Å². The summed E-state index contributed by atoms with van der Waals surface area (Å²) in [7, 11) is 2.01. The van der Waals surface area contributed by atoms with Gasteiger partial charge in [-0.05, 0) is 66.9 Å². The van der Waals surface area contributed by atoms with Gasteiger partial charge in [-0.3, -0.25) is 0 Å². The Labute approximate surface area is 142 Å². The maximum Gasteiger partial charge on any atom is 0.287 e. The van der Waals surface area contributed by atoms with Gasteiger partial charge in [0.1, 0.15) is 11.5 Å². The summed E-state index contributed by atoms with van der Waals surface area (Å²) in [6.07, 6.45) is 5.71. The molecule has 3 heteroatoms. The van der Waals surface area contributed by atoms with E-state index in [1.54, 1.807) is 6.07 Å². The molecule has 0 saturated heterocycles. The van der Waals surface area contributed by atoms with E-state index in [2.05, 4.69) is 18.2 Å². The SMILES string of the molecule is Cc1cc(-c2c3cccc(C4CCC4)c3nc[n+]2C)c(C)cc1F. The molecular weight excluding hydrogens is 299 g/mol. The fourth-order valence-corrected chi connectivity index (χ4v) is 3.71. The Morgan fingerprint density at radius 3 is 2.62 bits per heavy atom. The molecule has 3 aromatic rings. The van der Waals surface area contributed by atoms with Crippen molar-refractivity contribution in [3.05, 3.63) is 59.2 Å². The van der Waals surface area contributed by atoms with Crippen molar-refractivity contribution in [3.63, 3.8) is 0 Å². The van der Waals surface area contributed by atoms with Crippen LogP contribution in [0.5, 0.6) is 0 Å². The molecule has 1 aliphatic rings. The van der Waals surface area contributed by atoms with Crippen molar-refractivity contribution < 1.29 is 8.96 Å². The van der Waals surface area contributed by atoms with Gasteiger partial charge in [-0.15, -0.1) is 0 Å². The van der Waals surface area contributed by atoms with Crippen LogP contribution >= 0.6 is 0 Å². The third kappa shape index (κ3) is 2.31. The summed E-state index contributed by atoms with van der Waals surface area (Å²) in [6.45, 7) is 3.79. The van der Waals surface area contributed by atoms with E-state index in [1.807, 2.05) is 37.9 Å². The summed E-state index contributed by atoms with van der Waals surface area (Å²) in [5, 5.41) is 1.15. The molecule has 1 heterocycles. The number of halogens is 1. The van der Waals surface area contributed by atoms with Gasteiger partial charge in [-0.2, -0.15) is 0 Å². The lowest BCUT2D eigenvalue weighted by molar-refractivity contribution is -0.662. The van der Waals surface area contributed by atoms with E-state index in [4.69, 9.17) is 4.98 Å². The van der Waals surface area contributed by atoms with Crippen molar-refractivity contribution in [1.29, 1.82) is 0 Å². The average Bonchev–Trinajstić information content (AvgIpc) is 2.50. The zero-order chi connectivity index (χ0) is 16.8. The van der Waals surface area contributed by atoms with Crippen molar-refractivity contribution in [2.45, 2.75) is 39.0 Å². The number of rotatable bonds is 2. The second kappa shape index (κ2) is 5.66. The smallest absolute Gasteiger partial charge is 0.232 e. The van der Waals surface area contributed by atoms with Crippen LogP contribution in [0.15, 0.2) is 36.7 Å². The zero-order valence-electron chi connectivity index (χ0n) is 14.4. The Balaban J connectivity index is 2.02. The third-order valence-electron chi connectivity index (χ3n) is 5.34. The Morgan fingerprint density at radius 2 is 1.92 bits per heavy atom. The predicted octanol–water partition coefficient (Wildman–Crippen LogP) is 4.75. The van der Waals surface area contributed by atoms with Crippen molar-refractivity contribution >= 4 is 10.9 Å². The van der Waals surface area contributed by atoms with Gasteiger partial charge < -0.3 is 0 Å². The second-order valence-electron chi connectivity index (χ2n) is 6.99. The van der Waals surface area contributed by atoms with Crippen LogP contribution in [0.2, 0.25) is 0 Å². The van der Waals surface area contributed by atoms with Gasteiger partial charge in [-0.25, -0.2) is 8.96 Å². The molecule has 2 aromatic carbocycles. The number of fused-ring (bicyclic) bond motifs is 1. The fraction of sp³-hybridized carbons (Fsp3) is 0.333. The minimum absolute atomic E-state index is 0.146. The van der Waals surface area contributed by atoms with Crippen LogP contribution in [0.25, 0.3) is 22.2 Å². The summed E-state index contributed by atoms with van der Waals surface area (Å²) < 4.78 is 15.9. The molecule has 0 radical (unpaired) electrons. The molecule has 1 aromatic heterocycles. The molecule has 0 aliphatic heterocycles. The Kier molecular flexibility index (Phi) is 3.60. The van der Waals surface area contributed by atoms with E-state index >= 15 is 0 Å². The van der Waals surface area contributed by atoms with Gasteiger partial charge in [0.2, 0.25) is 0 Å². The Bertz CT molecular complexity index is 942. The number of hydrogen-bond acceptors (Lipinski definition) is 1. The zero-order valence-corrected chi connectivity index (χ0v) is 14.4. The number of aryl methyl sites for hydroxylation is 3. The topological polar surface area (TPSA) is 16.8 Å². The predicted molar refractivity (Wildman–Crippen MR) is 94.4 cm³/mol. The lowest BCUT2D eigenvalue weighted by Gasteiger charge is -2.25. The molecule has 0 amide bonds. The first-order chi connectivity index (χ1) is 11.6. The van der Waals surface area contributed by atoms with E-state index in [-0.39, 0.29) is 5.82 Å². The number of nitrogens with zero attached hydrogens (tertiary/aromatic N) is 2. The van der Waals surface area contributed by atoms with Crippen molar-refractivity contribution in [2.75, 3.05) is 0 Å². The monoisotopic (exact) mass is 321 g/mol. The van der Waals surface area contributed by atoms with Crippen molar-refractivity contribution in [3.8, 4) is 11.3 Å². The molecule has 0 bridgehead atoms. The van der Waals surface area contributed by atoms with Crippen molar-refractivity contribution in [1.82, 2.24) is 4.98 Å². The summed E-state index contributed by atoms with van der Waals surface area (Å²) in [4.78, 5) is 4.73. The summed E-state index contributed by atoms with van der Waals surface area (Å²) >= 11 is 0. The highest BCUT2D eigenvalue weighted by molar-refractivity contribution is 5.93. The number of hydrogen-bond donors (Lipinski definition) is 0. The van der Waals surface area contributed by atoms with Crippen LogP contribution in [0.3, 0.4) is 0 Å². The third-order valence-corrected chi connectivity index (χ3v) is 5.34. The first kappa shape index (κ1) is 15.3. The standard InChI is InChI=1S/C21H22FN2/c1-13-11-19(22)14(2)10-18(13)21-17-9-5-8-16(15-6-4-7-15)20(17)23-12-24(21)3/h5,8-12,15H,4,6-7H2,1-3H3/q+1. The highest BCUT2D eigenvalue weighted by Gasteiger charge is 2.26. The van der Waals surface area contributed by atoms with Gasteiger partial charge in [0.05, 0.1) is 12.4 Å². The minimum atomic E-state index is -0.146. The van der Waals surface area contributed by atoms with Crippen LogP contribution in [0.1, 0.15) is 41.9 Å². The van der Waals surface area contributed by atoms with Gasteiger partial charge in [0.15, 0.2) is 5.52 Å². The van der Waals surface area contributed by atoms with Gasteiger partial charge in [-0.1, -0.05) is 18.6 Å². The quantitative estimate of drug-likeness (QED) is 0.622. The molecule has 1 saturated carbocycles. The Hall–Kier alpha value is -2.29. The molecule has 4 rings (SSSR count). The second-order valence-corrected chi connectivity index (χ2v) is 6.99. The molecule has 0 N–H and O–H groups in total. The molecule has 0 spiro atoms. The highest BCUT2D eigenvalue weighted by atomic mass is 19.1. The minimum Gasteiger partial charge on any atom is -0.232 e. The lowest BCUT2D eigenvalue weighted by atomic mass is 9.79. The van der Waals surface area contributed by atoms with Crippen LogP contribution < -0.4 is 4.57 Å². The fourth-order valence-electron chi connectivity index (χ4n) is 3.71. The molecule has 2 nitrogen and oxygen atoms in total. The molecule has 0 atom stereocenters. The number of aromatic nitrogens is 2. The Morgan fingerprint density at radius 1 is 1.12 bits per heavy atom. The summed E-state index contributed by atoms with van der Waals surface area (Å²) in [5.74, 6) is 0.491. The molecule has 24 heavy (non-hydrogen) atoms. The van der Waals surface area contributed by atoms with Crippen LogP contribution in [0, 0.1) is 19.7 Å². The average molecular weight is 321 g/mol. The first-order valence-electron chi connectivity index (χ1n) is 8.60. The van der Waals surface area contributed by atoms with Gasteiger partial charge >= 0.3 is 0 Å². The first-order valence-corrected chi connectivity index (χ1v) is 8.60. The van der Waals surface area contributed by atoms with E-state index in [1.165, 1.54) is 24.8 Å². The molecule has 122 valence electrons. The number of benzene rings is 2. The molecule has 0 unspecified atom stereocenters. The van der Waals surface area contributed by atoms with E-state index in [9.17, 15) is 4.39 Å². The van der Waals surface area contributed by atoms with Crippen LogP contribution in [-0.4, -0.2) is 4.98 Å². The maximum absolute atomic E-state index is 13.9. The number of para-hydroxylation sites is 1. The lowest BCUT2D eigenvalue weighted by Crippen LogP contribution is -2.32. The summed E-state index contributed by atoms with van der Waals surface area (Å²) in [6, 6.07) is 10.1. The molecule has 1 aliphatic carbocycles. The largest absolute Gasteiger partial charge is 0.287 e. The molecule has 1 fully saturated rings. The van der Waals surface area contributed by atoms with Gasteiger partial charge in [0.25, 0.3) is 6.33 Å². The van der Waals surface area contributed by atoms with E-state index in [0.717, 1.165) is 27.7 Å². The van der Waals surface area contributed by atoms with Gasteiger partial charge in [0, 0.05) is 11.1 Å². The van der Waals surface area contributed by atoms with E-state index in [0.29, 0.717) is 11.5 Å². The van der Waals surface area contributed by atoms with Crippen LogP contribution in [0.4, 0.5) is 4.39 Å². The summed E-state index contributed by atoms with van der Waals surface area (Å²) in [5.41, 5.74) is 6.27. The highest BCUT2D eigenvalue weighted by Crippen LogP contribution is 2.40. The molecular formula is C21H22FN2+. The maximum atomic E-state index is 13.9.